The van der Waals surface area contributed by atoms with Crippen LogP contribution in [-0.2, 0) is 22.9 Å². The number of hydrogen-bond acceptors (Lipinski definition) is 3. The lowest BCUT2D eigenvalue weighted by atomic mass is 9.89. The van der Waals surface area contributed by atoms with E-state index in [0.717, 1.165) is 24.0 Å². The van der Waals surface area contributed by atoms with Crippen LogP contribution in [-0.4, -0.2) is 15.5 Å². The first-order chi connectivity index (χ1) is 11.9. The largest absolute Gasteiger partial charge is 0.496 e. The molecule has 2 aromatic rings. The summed E-state index contributed by atoms with van der Waals surface area (Å²) in [6.07, 6.45) is 4.66. The minimum Gasteiger partial charge on any atom is -0.496 e. The molecule has 0 fully saturated rings. The number of methoxy groups -OCH3 is 1. The highest BCUT2D eigenvalue weighted by atomic mass is 32.2. The molecular weight excluding hydrogens is 334 g/mol. The lowest BCUT2D eigenvalue weighted by Crippen LogP contribution is -2.27. The van der Waals surface area contributed by atoms with Gasteiger partial charge in [-0.1, -0.05) is 18.2 Å². The van der Waals surface area contributed by atoms with Crippen molar-refractivity contribution in [3.05, 3.63) is 58.7 Å². The molecule has 0 bridgehead atoms. The predicted molar refractivity (Wildman–Crippen MR) is 99.6 cm³/mol. The number of hydrogen-bond donors (Lipinski definition) is 1. The summed E-state index contributed by atoms with van der Waals surface area (Å²) in [6, 6.07) is 11.0. The number of rotatable bonds is 5. The maximum atomic E-state index is 12.7. The summed E-state index contributed by atoms with van der Waals surface area (Å²) in [6.45, 7) is 3.73. The lowest BCUT2D eigenvalue weighted by molar-refractivity contribution is 0.411. The van der Waals surface area contributed by atoms with Crippen LogP contribution >= 0.6 is 0 Å². The van der Waals surface area contributed by atoms with Crippen LogP contribution in [0.4, 0.5) is 0 Å². The molecule has 0 aromatic heterocycles. The van der Waals surface area contributed by atoms with Crippen molar-refractivity contribution >= 4 is 10.0 Å². The maximum Gasteiger partial charge on any atom is 0.241 e. The first kappa shape index (κ1) is 18.0. The Morgan fingerprint density at radius 2 is 1.76 bits per heavy atom. The van der Waals surface area contributed by atoms with Crippen LogP contribution in [0.1, 0.15) is 48.1 Å². The second kappa shape index (κ2) is 7.18. The van der Waals surface area contributed by atoms with E-state index >= 15 is 0 Å². The van der Waals surface area contributed by atoms with Crippen LogP contribution in [0, 0.1) is 6.92 Å². The Kier molecular flexibility index (Phi) is 5.16. The number of ether oxygens (including phenoxy) is 1. The zero-order valence-corrected chi connectivity index (χ0v) is 15.8. The van der Waals surface area contributed by atoms with E-state index < -0.39 is 10.0 Å². The van der Waals surface area contributed by atoms with Crippen molar-refractivity contribution in [2.45, 2.75) is 50.5 Å². The van der Waals surface area contributed by atoms with Crippen LogP contribution in [0.25, 0.3) is 0 Å². The van der Waals surface area contributed by atoms with Gasteiger partial charge in [0.2, 0.25) is 10.0 Å². The molecule has 0 aliphatic heterocycles. The second-order valence-electron chi connectivity index (χ2n) is 6.71. The fourth-order valence-electron chi connectivity index (χ4n) is 3.41. The van der Waals surface area contributed by atoms with Gasteiger partial charge in [0.1, 0.15) is 5.75 Å². The molecule has 0 amide bonds. The summed E-state index contributed by atoms with van der Waals surface area (Å²) in [5.74, 6) is 0.682. The van der Waals surface area contributed by atoms with Crippen molar-refractivity contribution in [3.63, 3.8) is 0 Å². The molecule has 3 rings (SSSR count). The van der Waals surface area contributed by atoms with Crippen LogP contribution in [0.5, 0.6) is 5.75 Å². The maximum absolute atomic E-state index is 12.7. The van der Waals surface area contributed by atoms with E-state index in [1.807, 2.05) is 19.9 Å². The van der Waals surface area contributed by atoms with Crippen LogP contribution in [0.3, 0.4) is 0 Å². The van der Waals surface area contributed by atoms with E-state index in [0.29, 0.717) is 5.75 Å². The van der Waals surface area contributed by atoms with Crippen molar-refractivity contribution < 1.29 is 13.2 Å². The smallest absolute Gasteiger partial charge is 0.241 e. The monoisotopic (exact) mass is 359 g/mol. The summed E-state index contributed by atoms with van der Waals surface area (Å²) in [5, 5.41) is 0. The Balaban J connectivity index is 1.81. The Labute approximate surface area is 150 Å². The van der Waals surface area contributed by atoms with Gasteiger partial charge in [-0.3, -0.25) is 0 Å². The molecule has 1 atom stereocenters. The molecule has 0 spiro atoms. The summed E-state index contributed by atoms with van der Waals surface area (Å²) >= 11 is 0. The van der Waals surface area contributed by atoms with E-state index in [-0.39, 0.29) is 10.9 Å². The van der Waals surface area contributed by atoms with E-state index in [1.54, 1.807) is 25.3 Å². The summed E-state index contributed by atoms with van der Waals surface area (Å²) in [5.41, 5.74) is 4.56. The lowest BCUT2D eigenvalue weighted by Gasteiger charge is -2.20. The van der Waals surface area contributed by atoms with Crippen molar-refractivity contribution in [2.24, 2.45) is 0 Å². The zero-order chi connectivity index (χ0) is 18.0. The van der Waals surface area contributed by atoms with E-state index in [4.69, 9.17) is 4.74 Å². The summed E-state index contributed by atoms with van der Waals surface area (Å²) in [4.78, 5) is 0.260. The third-order valence-electron chi connectivity index (χ3n) is 4.88. The first-order valence-electron chi connectivity index (χ1n) is 8.69. The molecule has 1 aliphatic rings. The average molecular weight is 359 g/mol. The van der Waals surface area contributed by atoms with E-state index in [9.17, 15) is 8.42 Å². The molecule has 0 saturated carbocycles. The molecule has 1 aliphatic carbocycles. The highest BCUT2D eigenvalue weighted by molar-refractivity contribution is 7.89. The highest BCUT2D eigenvalue weighted by Crippen LogP contribution is 2.26. The van der Waals surface area contributed by atoms with Gasteiger partial charge >= 0.3 is 0 Å². The zero-order valence-electron chi connectivity index (χ0n) is 15.0. The van der Waals surface area contributed by atoms with Gasteiger partial charge in [-0.2, -0.15) is 0 Å². The SMILES string of the molecule is COc1ccc(S(=O)(=O)NC(C)c2ccc3c(c2)CCCC3)cc1C. The van der Waals surface area contributed by atoms with Crippen LogP contribution in [0.15, 0.2) is 41.3 Å². The number of fused-ring (bicyclic) bond motifs is 1. The molecule has 4 nitrogen and oxygen atoms in total. The molecule has 2 aromatic carbocycles. The normalized spacial score (nSPS) is 15.5. The fraction of sp³-hybridized carbons (Fsp3) is 0.400. The molecule has 0 heterocycles. The van der Waals surface area contributed by atoms with Crippen molar-refractivity contribution in [2.75, 3.05) is 7.11 Å². The number of sulfonamides is 1. The Hall–Kier alpha value is -1.85. The molecule has 134 valence electrons. The van der Waals surface area contributed by atoms with Gasteiger partial charge < -0.3 is 4.74 Å². The van der Waals surface area contributed by atoms with Gasteiger partial charge in [0.25, 0.3) is 0 Å². The predicted octanol–water partition coefficient (Wildman–Crippen LogP) is 3.92. The van der Waals surface area contributed by atoms with Crippen molar-refractivity contribution in [3.8, 4) is 5.75 Å². The van der Waals surface area contributed by atoms with Gasteiger partial charge in [-0.05, 0) is 80.0 Å². The molecule has 5 heteroatoms. The second-order valence-corrected chi connectivity index (χ2v) is 8.42. The standard InChI is InChI=1S/C20H25NO3S/c1-14-12-19(10-11-20(14)24-3)25(22,23)21-15(2)17-9-8-16-6-4-5-7-18(16)13-17/h8-13,15,21H,4-7H2,1-3H3. The molecule has 1 N–H and O–H groups in total. The van der Waals surface area contributed by atoms with E-state index in [1.165, 1.54) is 24.0 Å². The van der Waals surface area contributed by atoms with Gasteiger partial charge in [0.05, 0.1) is 12.0 Å². The topological polar surface area (TPSA) is 55.4 Å². The van der Waals surface area contributed by atoms with Crippen LogP contribution < -0.4 is 9.46 Å². The molecular formula is C20H25NO3S. The number of benzene rings is 2. The van der Waals surface area contributed by atoms with Crippen molar-refractivity contribution in [1.82, 2.24) is 4.72 Å². The highest BCUT2D eigenvalue weighted by Gasteiger charge is 2.20. The minimum absolute atomic E-state index is 0.260. The third-order valence-corrected chi connectivity index (χ3v) is 6.42. The van der Waals surface area contributed by atoms with Crippen molar-refractivity contribution in [1.29, 1.82) is 0 Å². The molecule has 0 saturated heterocycles. The van der Waals surface area contributed by atoms with Gasteiger partial charge in [0, 0.05) is 6.04 Å². The Morgan fingerprint density at radius 3 is 2.44 bits per heavy atom. The minimum atomic E-state index is -3.58. The fourth-order valence-corrected chi connectivity index (χ4v) is 4.73. The molecule has 1 unspecified atom stereocenters. The quantitative estimate of drug-likeness (QED) is 0.880. The third kappa shape index (κ3) is 3.88. The molecule has 0 radical (unpaired) electrons. The Morgan fingerprint density at radius 1 is 1.04 bits per heavy atom. The summed E-state index contributed by atoms with van der Waals surface area (Å²) in [7, 11) is -2.01. The number of nitrogens with one attached hydrogen (secondary N) is 1. The van der Waals surface area contributed by atoms with Gasteiger partial charge in [-0.25, -0.2) is 13.1 Å². The average Bonchev–Trinajstić information content (AvgIpc) is 2.60. The first-order valence-corrected chi connectivity index (χ1v) is 10.2. The summed E-state index contributed by atoms with van der Waals surface area (Å²) < 4.78 is 33.4. The van der Waals surface area contributed by atoms with Crippen LogP contribution in [0.2, 0.25) is 0 Å². The van der Waals surface area contributed by atoms with Gasteiger partial charge in [-0.15, -0.1) is 0 Å². The number of aryl methyl sites for hydroxylation is 3. The van der Waals surface area contributed by atoms with Gasteiger partial charge in [0.15, 0.2) is 0 Å². The molecule has 25 heavy (non-hydrogen) atoms. The van der Waals surface area contributed by atoms with E-state index in [2.05, 4.69) is 16.9 Å². The Bertz CT molecular complexity index is 875.